The van der Waals surface area contributed by atoms with Crippen molar-refractivity contribution in [1.29, 1.82) is 0 Å². The number of amides is 1. The van der Waals surface area contributed by atoms with Crippen molar-refractivity contribution in [3.63, 3.8) is 0 Å². The molecule has 1 amide bonds. The quantitative estimate of drug-likeness (QED) is 0.392. The number of imidazole rings is 1. The van der Waals surface area contributed by atoms with Crippen LogP contribution in [0, 0.1) is 6.92 Å². The number of aryl methyl sites for hydroxylation is 2. The Kier molecular flexibility index (Phi) is 5.24. The highest BCUT2D eigenvalue weighted by atomic mass is 16.2. The van der Waals surface area contributed by atoms with Gasteiger partial charge >= 0.3 is 0 Å². The number of nitrogens with one attached hydrogen (secondary N) is 1. The van der Waals surface area contributed by atoms with Crippen LogP contribution in [0.15, 0.2) is 42.7 Å². The maximum absolute atomic E-state index is 13.6. The summed E-state index contributed by atoms with van der Waals surface area (Å²) in [4.78, 5) is 29.2. The van der Waals surface area contributed by atoms with E-state index in [-0.39, 0.29) is 5.91 Å². The number of aromatic amines is 1. The van der Waals surface area contributed by atoms with Crippen LogP contribution in [0.3, 0.4) is 0 Å². The standard InChI is InChI=1S/C25H26N8O/c1-5-22-27-11-16(33(22)4)13-32(3)25(34)23-17-8-14(2)6-7-20(17)29-24(30-23)15-9-19(26)18-12-28-31-21(18)10-15/h6-12H,5,13,26H2,1-4H3,(H,28,31). The first-order valence-corrected chi connectivity index (χ1v) is 11.1. The Bertz CT molecular complexity index is 1550. The Morgan fingerprint density at radius 1 is 1.15 bits per heavy atom. The molecule has 5 aromatic rings. The first-order valence-electron chi connectivity index (χ1n) is 11.1. The minimum Gasteiger partial charge on any atom is -0.398 e. The first kappa shape index (κ1) is 21.6. The molecular weight excluding hydrogens is 428 g/mol. The third-order valence-corrected chi connectivity index (χ3v) is 6.14. The molecule has 0 saturated carbocycles. The predicted octanol–water partition coefficient (Wildman–Crippen LogP) is 3.63. The number of rotatable bonds is 5. The fourth-order valence-corrected chi connectivity index (χ4v) is 4.20. The van der Waals surface area contributed by atoms with Crippen LogP contribution < -0.4 is 5.73 Å². The second kappa shape index (κ2) is 8.26. The van der Waals surface area contributed by atoms with Crippen molar-refractivity contribution in [3.8, 4) is 11.4 Å². The number of hydrogen-bond donors (Lipinski definition) is 2. The van der Waals surface area contributed by atoms with E-state index in [0.29, 0.717) is 40.2 Å². The Morgan fingerprint density at radius 3 is 2.74 bits per heavy atom. The van der Waals surface area contributed by atoms with E-state index in [1.807, 2.05) is 55.1 Å². The molecule has 0 unspecified atom stereocenters. The van der Waals surface area contributed by atoms with Crippen LogP contribution in [0.4, 0.5) is 5.69 Å². The van der Waals surface area contributed by atoms with Gasteiger partial charge in [0.25, 0.3) is 5.91 Å². The van der Waals surface area contributed by atoms with Gasteiger partial charge in [0, 0.05) is 48.7 Å². The zero-order valence-corrected chi connectivity index (χ0v) is 19.6. The van der Waals surface area contributed by atoms with Crippen molar-refractivity contribution in [2.24, 2.45) is 7.05 Å². The summed E-state index contributed by atoms with van der Waals surface area (Å²) in [5, 5.41) is 8.63. The van der Waals surface area contributed by atoms with Gasteiger partial charge in [-0.2, -0.15) is 5.10 Å². The van der Waals surface area contributed by atoms with Crippen molar-refractivity contribution in [2.75, 3.05) is 12.8 Å². The van der Waals surface area contributed by atoms with E-state index in [1.165, 1.54) is 0 Å². The number of carbonyl (C=O) groups excluding carboxylic acids is 1. The van der Waals surface area contributed by atoms with Gasteiger partial charge in [0.1, 0.15) is 11.5 Å². The molecule has 0 atom stereocenters. The summed E-state index contributed by atoms with van der Waals surface area (Å²) < 4.78 is 2.03. The third kappa shape index (κ3) is 3.64. The maximum atomic E-state index is 13.6. The Hall–Kier alpha value is -4.27. The topological polar surface area (TPSA) is 119 Å². The highest BCUT2D eigenvalue weighted by molar-refractivity contribution is 6.05. The van der Waals surface area contributed by atoms with Crippen molar-refractivity contribution >= 4 is 33.4 Å². The van der Waals surface area contributed by atoms with Crippen molar-refractivity contribution in [3.05, 3.63) is 65.5 Å². The molecule has 2 aromatic carbocycles. The highest BCUT2D eigenvalue weighted by Gasteiger charge is 2.21. The summed E-state index contributed by atoms with van der Waals surface area (Å²) in [5.41, 5.74) is 11.3. The molecule has 0 aliphatic heterocycles. The van der Waals surface area contributed by atoms with E-state index >= 15 is 0 Å². The summed E-state index contributed by atoms with van der Waals surface area (Å²) in [6.07, 6.45) is 4.40. The number of H-pyrrole nitrogens is 1. The smallest absolute Gasteiger partial charge is 0.273 e. The Morgan fingerprint density at radius 2 is 1.97 bits per heavy atom. The summed E-state index contributed by atoms with van der Waals surface area (Å²) in [6, 6.07) is 9.53. The number of nitrogens with two attached hydrogens (primary N) is 1. The number of nitrogens with zero attached hydrogens (tertiary/aromatic N) is 6. The van der Waals surface area contributed by atoms with Crippen LogP contribution in [0.1, 0.15) is 34.5 Å². The minimum atomic E-state index is -0.188. The summed E-state index contributed by atoms with van der Waals surface area (Å²) in [5.74, 6) is 1.22. The molecule has 3 heterocycles. The summed E-state index contributed by atoms with van der Waals surface area (Å²) in [6.45, 7) is 4.46. The molecule has 0 aliphatic carbocycles. The average Bonchev–Trinajstić information content (AvgIpc) is 3.44. The molecule has 9 nitrogen and oxygen atoms in total. The first-order chi connectivity index (χ1) is 16.4. The predicted molar refractivity (Wildman–Crippen MR) is 132 cm³/mol. The van der Waals surface area contributed by atoms with Crippen LogP contribution in [0.5, 0.6) is 0 Å². The Labute approximate surface area is 196 Å². The summed E-state index contributed by atoms with van der Waals surface area (Å²) in [7, 11) is 3.74. The number of hydrogen-bond acceptors (Lipinski definition) is 6. The normalized spacial score (nSPS) is 11.4. The lowest BCUT2D eigenvalue weighted by molar-refractivity contribution is 0.0778. The lowest BCUT2D eigenvalue weighted by Crippen LogP contribution is -2.28. The van der Waals surface area contributed by atoms with Gasteiger partial charge in [-0.1, -0.05) is 18.6 Å². The second-order valence-corrected chi connectivity index (χ2v) is 8.54. The van der Waals surface area contributed by atoms with Gasteiger partial charge < -0.3 is 15.2 Å². The van der Waals surface area contributed by atoms with Gasteiger partial charge in [-0.3, -0.25) is 9.89 Å². The van der Waals surface area contributed by atoms with E-state index < -0.39 is 0 Å². The maximum Gasteiger partial charge on any atom is 0.273 e. The van der Waals surface area contributed by atoms with Gasteiger partial charge in [0.2, 0.25) is 0 Å². The molecule has 172 valence electrons. The third-order valence-electron chi connectivity index (χ3n) is 6.14. The zero-order chi connectivity index (χ0) is 24.0. The van der Waals surface area contributed by atoms with E-state index in [2.05, 4.69) is 22.1 Å². The van der Waals surface area contributed by atoms with E-state index in [0.717, 1.165) is 34.4 Å². The molecule has 9 heteroatoms. The second-order valence-electron chi connectivity index (χ2n) is 8.54. The minimum absolute atomic E-state index is 0.188. The molecule has 34 heavy (non-hydrogen) atoms. The van der Waals surface area contributed by atoms with E-state index in [1.54, 1.807) is 18.1 Å². The van der Waals surface area contributed by atoms with Crippen LogP contribution >= 0.6 is 0 Å². The number of anilines is 1. The molecule has 0 bridgehead atoms. The Balaban J connectivity index is 1.60. The zero-order valence-electron chi connectivity index (χ0n) is 19.6. The molecule has 3 N–H and O–H groups in total. The lowest BCUT2D eigenvalue weighted by atomic mass is 10.1. The van der Waals surface area contributed by atoms with Crippen molar-refractivity contribution < 1.29 is 4.79 Å². The van der Waals surface area contributed by atoms with Gasteiger partial charge in [0.05, 0.1) is 29.5 Å². The van der Waals surface area contributed by atoms with Gasteiger partial charge in [-0.15, -0.1) is 0 Å². The number of benzene rings is 2. The largest absolute Gasteiger partial charge is 0.398 e. The van der Waals surface area contributed by atoms with Gasteiger partial charge in [-0.05, 0) is 31.2 Å². The average molecular weight is 455 g/mol. The molecule has 3 aromatic heterocycles. The molecule has 0 fully saturated rings. The monoisotopic (exact) mass is 454 g/mol. The highest BCUT2D eigenvalue weighted by Crippen LogP contribution is 2.29. The fraction of sp³-hybridized carbons (Fsp3) is 0.240. The molecular formula is C25H26N8O. The van der Waals surface area contributed by atoms with Gasteiger partial charge in [0.15, 0.2) is 5.82 Å². The van der Waals surface area contributed by atoms with Crippen LogP contribution in [0.25, 0.3) is 33.2 Å². The number of aromatic nitrogens is 6. The summed E-state index contributed by atoms with van der Waals surface area (Å²) >= 11 is 0. The van der Waals surface area contributed by atoms with Crippen LogP contribution in [0.2, 0.25) is 0 Å². The lowest BCUT2D eigenvalue weighted by Gasteiger charge is -2.19. The number of carbonyl (C=O) groups is 1. The van der Waals surface area contributed by atoms with Crippen LogP contribution in [-0.4, -0.2) is 47.6 Å². The molecule has 0 radical (unpaired) electrons. The van der Waals surface area contributed by atoms with E-state index in [9.17, 15) is 4.79 Å². The van der Waals surface area contributed by atoms with E-state index in [4.69, 9.17) is 15.7 Å². The molecule has 0 spiro atoms. The number of nitrogen functional groups attached to an aromatic ring is 1. The van der Waals surface area contributed by atoms with Crippen molar-refractivity contribution in [2.45, 2.75) is 26.8 Å². The molecule has 0 saturated heterocycles. The SMILES string of the molecule is CCc1ncc(CN(C)C(=O)c2nc(-c3cc(N)c4c[nH]nc4c3)nc3ccc(C)cc23)n1C. The fourth-order valence-electron chi connectivity index (χ4n) is 4.20. The van der Waals surface area contributed by atoms with Gasteiger partial charge in [-0.25, -0.2) is 15.0 Å². The molecule has 0 aliphatic rings. The van der Waals surface area contributed by atoms with Crippen LogP contribution in [-0.2, 0) is 20.0 Å². The van der Waals surface area contributed by atoms with Crippen molar-refractivity contribution in [1.82, 2.24) is 34.6 Å². The molecule has 5 rings (SSSR count). The number of fused-ring (bicyclic) bond motifs is 2.